The quantitative estimate of drug-likeness (QED) is 0.593. The SMILES string of the molecule is CCCNC(CCC(C)C)CC(C)CC(C)(C)C. The van der Waals surface area contributed by atoms with Crippen LogP contribution in [0.4, 0.5) is 0 Å². The fourth-order valence-corrected chi connectivity index (χ4v) is 2.80. The van der Waals surface area contributed by atoms with E-state index in [2.05, 4.69) is 53.8 Å². The molecule has 0 rings (SSSR count). The van der Waals surface area contributed by atoms with Crippen molar-refractivity contribution in [2.45, 2.75) is 86.6 Å². The largest absolute Gasteiger partial charge is 0.314 e. The molecule has 1 nitrogen and oxygen atoms in total. The van der Waals surface area contributed by atoms with Crippen LogP contribution < -0.4 is 5.32 Å². The van der Waals surface area contributed by atoms with Crippen molar-refractivity contribution in [3.05, 3.63) is 0 Å². The molecule has 0 aromatic rings. The standard InChI is InChI=1S/C17H37N/c1-8-11-18-16(10-9-14(2)3)12-15(4)13-17(5,6)7/h14-16,18H,8-13H2,1-7H3. The van der Waals surface area contributed by atoms with Crippen LogP contribution in [0.3, 0.4) is 0 Å². The van der Waals surface area contributed by atoms with E-state index in [-0.39, 0.29) is 0 Å². The van der Waals surface area contributed by atoms with Gasteiger partial charge in [0.2, 0.25) is 0 Å². The molecule has 0 aromatic carbocycles. The van der Waals surface area contributed by atoms with Gasteiger partial charge in [0, 0.05) is 6.04 Å². The molecule has 0 aliphatic heterocycles. The molecule has 1 heteroatoms. The third kappa shape index (κ3) is 11.1. The van der Waals surface area contributed by atoms with Gasteiger partial charge >= 0.3 is 0 Å². The maximum Gasteiger partial charge on any atom is 0.00696 e. The Bertz CT molecular complexity index is 190. The first-order chi connectivity index (χ1) is 8.24. The molecule has 0 radical (unpaired) electrons. The summed E-state index contributed by atoms with van der Waals surface area (Å²) in [7, 11) is 0. The molecule has 0 amide bonds. The Morgan fingerprint density at radius 1 is 1.00 bits per heavy atom. The van der Waals surface area contributed by atoms with Crippen molar-refractivity contribution in [1.29, 1.82) is 0 Å². The molecule has 0 heterocycles. The summed E-state index contributed by atoms with van der Waals surface area (Å²) in [5.74, 6) is 1.65. The number of hydrogen-bond acceptors (Lipinski definition) is 1. The van der Waals surface area contributed by atoms with E-state index in [1.165, 1.54) is 38.6 Å². The molecule has 0 spiro atoms. The van der Waals surface area contributed by atoms with Crippen LogP contribution in [0.5, 0.6) is 0 Å². The molecule has 2 atom stereocenters. The third-order valence-corrected chi connectivity index (χ3v) is 3.42. The Morgan fingerprint density at radius 3 is 2.06 bits per heavy atom. The molecular formula is C17H37N. The lowest BCUT2D eigenvalue weighted by Crippen LogP contribution is -2.32. The predicted molar refractivity (Wildman–Crippen MR) is 84.0 cm³/mol. The van der Waals surface area contributed by atoms with Crippen LogP contribution >= 0.6 is 0 Å². The van der Waals surface area contributed by atoms with E-state index in [0.717, 1.165) is 17.9 Å². The van der Waals surface area contributed by atoms with E-state index in [0.29, 0.717) is 5.41 Å². The van der Waals surface area contributed by atoms with Crippen molar-refractivity contribution >= 4 is 0 Å². The van der Waals surface area contributed by atoms with Gasteiger partial charge in [-0.25, -0.2) is 0 Å². The summed E-state index contributed by atoms with van der Waals surface area (Å²) in [6, 6.07) is 0.727. The summed E-state index contributed by atoms with van der Waals surface area (Å²) in [5.41, 5.74) is 0.465. The van der Waals surface area contributed by atoms with Gasteiger partial charge in [-0.1, -0.05) is 48.5 Å². The van der Waals surface area contributed by atoms with Gasteiger partial charge in [0.1, 0.15) is 0 Å². The summed E-state index contributed by atoms with van der Waals surface area (Å²) in [5, 5.41) is 3.74. The smallest absolute Gasteiger partial charge is 0.00696 e. The lowest BCUT2D eigenvalue weighted by atomic mass is 9.82. The van der Waals surface area contributed by atoms with Gasteiger partial charge in [-0.15, -0.1) is 0 Å². The molecule has 0 saturated carbocycles. The van der Waals surface area contributed by atoms with E-state index in [1.807, 2.05) is 0 Å². The molecule has 2 unspecified atom stereocenters. The fraction of sp³-hybridized carbons (Fsp3) is 1.00. The van der Waals surface area contributed by atoms with Crippen LogP contribution in [0, 0.1) is 17.3 Å². The minimum atomic E-state index is 0.465. The average molecular weight is 255 g/mol. The maximum atomic E-state index is 3.74. The highest BCUT2D eigenvalue weighted by atomic mass is 14.9. The van der Waals surface area contributed by atoms with E-state index < -0.39 is 0 Å². The molecule has 0 aliphatic rings. The van der Waals surface area contributed by atoms with Gasteiger partial charge in [0.25, 0.3) is 0 Å². The van der Waals surface area contributed by atoms with Crippen molar-refractivity contribution in [2.75, 3.05) is 6.54 Å². The van der Waals surface area contributed by atoms with Crippen LogP contribution in [-0.4, -0.2) is 12.6 Å². The molecule has 18 heavy (non-hydrogen) atoms. The molecule has 0 bridgehead atoms. The predicted octanol–water partition coefficient (Wildman–Crippen LogP) is 5.25. The number of rotatable bonds is 9. The Kier molecular flexibility index (Phi) is 8.94. The summed E-state index contributed by atoms with van der Waals surface area (Å²) in [4.78, 5) is 0. The van der Waals surface area contributed by atoms with E-state index in [4.69, 9.17) is 0 Å². The minimum Gasteiger partial charge on any atom is -0.314 e. The molecule has 0 saturated heterocycles. The highest BCUT2D eigenvalue weighted by Crippen LogP contribution is 2.27. The van der Waals surface area contributed by atoms with Crippen LogP contribution in [-0.2, 0) is 0 Å². The first-order valence-electron chi connectivity index (χ1n) is 7.98. The third-order valence-electron chi connectivity index (χ3n) is 3.42. The minimum absolute atomic E-state index is 0.465. The Morgan fingerprint density at radius 2 is 1.61 bits per heavy atom. The van der Waals surface area contributed by atoms with E-state index >= 15 is 0 Å². The maximum absolute atomic E-state index is 3.74. The van der Waals surface area contributed by atoms with E-state index in [9.17, 15) is 0 Å². The molecule has 0 aliphatic carbocycles. The van der Waals surface area contributed by atoms with Gasteiger partial charge in [-0.2, -0.15) is 0 Å². The van der Waals surface area contributed by atoms with E-state index in [1.54, 1.807) is 0 Å². The summed E-state index contributed by atoms with van der Waals surface area (Å²) in [6.45, 7) is 17.6. The van der Waals surface area contributed by atoms with Crippen molar-refractivity contribution in [3.8, 4) is 0 Å². The van der Waals surface area contributed by atoms with Crippen molar-refractivity contribution in [3.63, 3.8) is 0 Å². The second kappa shape index (κ2) is 8.96. The summed E-state index contributed by atoms with van der Waals surface area (Å²) < 4.78 is 0. The molecule has 0 aromatic heterocycles. The Balaban J connectivity index is 4.12. The zero-order valence-corrected chi connectivity index (χ0v) is 14.0. The number of nitrogens with one attached hydrogen (secondary N) is 1. The summed E-state index contributed by atoms with van der Waals surface area (Å²) >= 11 is 0. The Hall–Kier alpha value is -0.0400. The van der Waals surface area contributed by atoms with Crippen LogP contribution in [0.25, 0.3) is 0 Å². The molecular weight excluding hydrogens is 218 g/mol. The van der Waals surface area contributed by atoms with Crippen molar-refractivity contribution in [1.82, 2.24) is 5.32 Å². The van der Waals surface area contributed by atoms with Crippen molar-refractivity contribution in [2.24, 2.45) is 17.3 Å². The monoisotopic (exact) mass is 255 g/mol. The summed E-state index contributed by atoms with van der Waals surface area (Å²) in [6.07, 6.45) is 6.60. The average Bonchev–Trinajstić information content (AvgIpc) is 2.19. The second-order valence-electron chi connectivity index (χ2n) is 7.73. The molecule has 0 fully saturated rings. The first kappa shape index (κ1) is 18.0. The van der Waals surface area contributed by atoms with Crippen LogP contribution in [0.2, 0.25) is 0 Å². The zero-order chi connectivity index (χ0) is 14.2. The highest BCUT2D eigenvalue weighted by Gasteiger charge is 2.19. The first-order valence-corrected chi connectivity index (χ1v) is 7.98. The Labute approximate surface area is 116 Å². The molecule has 110 valence electrons. The fourth-order valence-electron chi connectivity index (χ4n) is 2.80. The zero-order valence-electron chi connectivity index (χ0n) is 14.0. The van der Waals surface area contributed by atoms with Gasteiger partial charge in [-0.05, 0) is 55.9 Å². The van der Waals surface area contributed by atoms with Gasteiger partial charge in [0.05, 0.1) is 0 Å². The van der Waals surface area contributed by atoms with Gasteiger partial charge < -0.3 is 5.32 Å². The topological polar surface area (TPSA) is 12.0 Å². The molecule has 1 N–H and O–H groups in total. The second-order valence-corrected chi connectivity index (χ2v) is 7.73. The lowest BCUT2D eigenvalue weighted by Gasteiger charge is -2.27. The van der Waals surface area contributed by atoms with Crippen LogP contribution in [0.1, 0.15) is 80.6 Å². The van der Waals surface area contributed by atoms with Gasteiger partial charge in [0.15, 0.2) is 0 Å². The normalized spacial score (nSPS) is 16.0. The number of hydrogen-bond donors (Lipinski definition) is 1. The van der Waals surface area contributed by atoms with Crippen molar-refractivity contribution < 1.29 is 0 Å². The van der Waals surface area contributed by atoms with Gasteiger partial charge in [-0.3, -0.25) is 0 Å². The lowest BCUT2D eigenvalue weighted by molar-refractivity contribution is 0.266. The van der Waals surface area contributed by atoms with Crippen LogP contribution in [0.15, 0.2) is 0 Å². The highest BCUT2D eigenvalue weighted by molar-refractivity contribution is 4.74.